The van der Waals surface area contributed by atoms with Gasteiger partial charge in [-0.15, -0.1) is 0 Å². The number of hydroxylamine groups is 1. The van der Waals surface area contributed by atoms with Gasteiger partial charge in [-0.25, -0.2) is 0 Å². The minimum atomic E-state index is -0.0231. The van der Waals surface area contributed by atoms with Gasteiger partial charge in [0.2, 0.25) is 0 Å². The van der Waals surface area contributed by atoms with Gasteiger partial charge in [-0.2, -0.15) is 10.4 Å². The highest BCUT2D eigenvalue weighted by Gasteiger charge is 2.04. The van der Waals surface area contributed by atoms with Crippen LogP contribution in [0.3, 0.4) is 0 Å². The lowest BCUT2D eigenvalue weighted by Crippen LogP contribution is -2.04. The Morgan fingerprint density at radius 1 is 1.19 bits per heavy atom. The van der Waals surface area contributed by atoms with E-state index in [4.69, 9.17) is 10.5 Å². The average molecular weight is 346 g/mol. The molecular formula is C20H18N4O2. The Morgan fingerprint density at radius 3 is 2.69 bits per heavy atom. The molecule has 0 heterocycles. The second-order valence-electron chi connectivity index (χ2n) is 5.29. The normalized spacial score (nSPS) is 10.6. The predicted octanol–water partition coefficient (Wildman–Crippen LogP) is 3.36. The topological polar surface area (TPSA) is 101 Å². The first-order valence-corrected chi connectivity index (χ1v) is 7.62. The molecule has 0 atom stereocenters. The van der Waals surface area contributed by atoms with Crippen LogP contribution in [0, 0.1) is 11.3 Å². The second kappa shape index (κ2) is 8.87. The second-order valence-corrected chi connectivity index (χ2v) is 5.29. The van der Waals surface area contributed by atoms with Gasteiger partial charge < -0.3 is 5.11 Å². The standard InChI is InChI=1S/C20H18N4O2/c1-14(24-26)9-10-16-5-3-6-17(11-16)15(2)23-22-13-19-18(12-21)7-4-8-20(19)25/h3-11,13,23-26H,1-2H2/b10-9+,22-13+. The minimum absolute atomic E-state index is 0.0231. The summed E-state index contributed by atoms with van der Waals surface area (Å²) < 4.78 is 0. The van der Waals surface area contributed by atoms with Gasteiger partial charge in [0.15, 0.2) is 0 Å². The van der Waals surface area contributed by atoms with Crippen LogP contribution in [0.4, 0.5) is 0 Å². The number of hydrogen-bond donors (Lipinski definition) is 4. The Balaban J connectivity index is 2.11. The number of nitriles is 1. The molecule has 0 aromatic heterocycles. The summed E-state index contributed by atoms with van der Waals surface area (Å²) in [5.74, 6) is -0.0231. The van der Waals surface area contributed by atoms with Gasteiger partial charge in [-0.05, 0) is 35.4 Å². The molecule has 4 N–H and O–H groups in total. The Labute approximate surface area is 151 Å². The zero-order chi connectivity index (χ0) is 18.9. The zero-order valence-electron chi connectivity index (χ0n) is 14.0. The van der Waals surface area contributed by atoms with Gasteiger partial charge in [0.1, 0.15) is 5.75 Å². The van der Waals surface area contributed by atoms with Gasteiger partial charge in [0.25, 0.3) is 0 Å². The highest BCUT2D eigenvalue weighted by molar-refractivity contribution is 5.87. The van der Waals surface area contributed by atoms with Crippen molar-refractivity contribution in [3.8, 4) is 11.8 Å². The molecule has 0 spiro atoms. The van der Waals surface area contributed by atoms with E-state index >= 15 is 0 Å². The van der Waals surface area contributed by atoms with Crippen LogP contribution in [0.1, 0.15) is 22.3 Å². The lowest BCUT2D eigenvalue weighted by atomic mass is 10.1. The largest absolute Gasteiger partial charge is 0.507 e. The van der Waals surface area contributed by atoms with E-state index in [-0.39, 0.29) is 5.75 Å². The fourth-order valence-electron chi connectivity index (χ4n) is 2.09. The molecule has 2 rings (SSSR count). The number of phenols is 1. The molecule has 0 saturated heterocycles. The van der Waals surface area contributed by atoms with E-state index in [0.29, 0.717) is 22.5 Å². The smallest absolute Gasteiger partial charge is 0.125 e. The Kier molecular flexibility index (Phi) is 6.32. The maximum atomic E-state index is 9.84. The molecule has 0 unspecified atom stereocenters. The lowest BCUT2D eigenvalue weighted by molar-refractivity contribution is 0.205. The van der Waals surface area contributed by atoms with Gasteiger partial charge >= 0.3 is 0 Å². The van der Waals surface area contributed by atoms with Crippen molar-refractivity contribution >= 4 is 18.0 Å². The number of rotatable bonds is 7. The highest BCUT2D eigenvalue weighted by atomic mass is 16.5. The highest BCUT2D eigenvalue weighted by Crippen LogP contribution is 2.18. The fourth-order valence-corrected chi connectivity index (χ4v) is 2.09. The molecule has 0 aliphatic rings. The molecule has 0 radical (unpaired) electrons. The summed E-state index contributed by atoms with van der Waals surface area (Å²) in [6.07, 6.45) is 4.79. The lowest BCUT2D eigenvalue weighted by Gasteiger charge is -2.07. The summed E-state index contributed by atoms with van der Waals surface area (Å²) >= 11 is 0. The molecule has 0 aliphatic carbocycles. The third-order valence-corrected chi connectivity index (χ3v) is 3.45. The number of allylic oxidation sites excluding steroid dienone is 1. The van der Waals surface area contributed by atoms with Crippen LogP contribution in [-0.2, 0) is 0 Å². The minimum Gasteiger partial charge on any atom is -0.507 e. The van der Waals surface area contributed by atoms with Crippen molar-refractivity contribution in [2.24, 2.45) is 5.10 Å². The zero-order valence-corrected chi connectivity index (χ0v) is 14.0. The van der Waals surface area contributed by atoms with Gasteiger partial charge in [-0.1, -0.05) is 43.5 Å². The van der Waals surface area contributed by atoms with E-state index in [9.17, 15) is 5.11 Å². The summed E-state index contributed by atoms with van der Waals surface area (Å²) in [5, 5.41) is 31.7. The van der Waals surface area contributed by atoms with E-state index in [1.807, 2.05) is 35.8 Å². The number of benzene rings is 2. The third-order valence-electron chi connectivity index (χ3n) is 3.45. The first-order chi connectivity index (χ1) is 12.5. The van der Waals surface area contributed by atoms with Crippen molar-refractivity contribution in [1.82, 2.24) is 10.9 Å². The van der Waals surface area contributed by atoms with Crippen molar-refractivity contribution in [2.75, 3.05) is 0 Å². The number of nitrogens with zero attached hydrogens (tertiary/aromatic N) is 2. The van der Waals surface area contributed by atoms with E-state index in [2.05, 4.69) is 23.7 Å². The van der Waals surface area contributed by atoms with Crippen LogP contribution < -0.4 is 10.9 Å². The maximum Gasteiger partial charge on any atom is 0.125 e. The first-order valence-electron chi connectivity index (χ1n) is 7.62. The molecule has 2 aromatic carbocycles. The fraction of sp³-hybridized carbons (Fsp3) is 0. The SMILES string of the molecule is C=C(/C=C/c1cccc(C(=C)N/N=C/c2c(O)cccc2C#N)c1)NO. The number of hydrazone groups is 1. The molecule has 0 fully saturated rings. The van der Waals surface area contributed by atoms with Crippen molar-refractivity contribution in [2.45, 2.75) is 0 Å². The van der Waals surface area contributed by atoms with Crippen molar-refractivity contribution in [3.63, 3.8) is 0 Å². The summed E-state index contributed by atoms with van der Waals surface area (Å²) in [7, 11) is 0. The molecule has 0 saturated carbocycles. The molecular weight excluding hydrogens is 328 g/mol. The van der Waals surface area contributed by atoms with E-state index in [1.165, 1.54) is 12.3 Å². The summed E-state index contributed by atoms with van der Waals surface area (Å²) in [6.45, 7) is 7.52. The van der Waals surface area contributed by atoms with Gasteiger partial charge in [0.05, 0.1) is 34.8 Å². The van der Waals surface area contributed by atoms with Crippen LogP contribution in [0.2, 0.25) is 0 Å². The van der Waals surface area contributed by atoms with Crippen LogP contribution in [0.25, 0.3) is 11.8 Å². The van der Waals surface area contributed by atoms with Crippen LogP contribution >= 0.6 is 0 Å². The first kappa shape index (κ1) is 18.5. The molecule has 2 aromatic rings. The number of phenolic OH excluding ortho intramolecular Hbond substituents is 1. The molecule has 6 heteroatoms. The Morgan fingerprint density at radius 2 is 1.96 bits per heavy atom. The van der Waals surface area contributed by atoms with E-state index in [0.717, 1.165) is 11.1 Å². The summed E-state index contributed by atoms with van der Waals surface area (Å²) in [4.78, 5) is 0. The molecule has 0 amide bonds. The Bertz CT molecular complexity index is 924. The molecule has 26 heavy (non-hydrogen) atoms. The van der Waals surface area contributed by atoms with Crippen LogP contribution in [-0.4, -0.2) is 16.5 Å². The van der Waals surface area contributed by atoms with Crippen molar-refractivity contribution in [3.05, 3.63) is 89.6 Å². The van der Waals surface area contributed by atoms with Crippen molar-refractivity contribution < 1.29 is 10.3 Å². The molecule has 0 bridgehead atoms. The van der Waals surface area contributed by atoms with E-state index < -0.39 is 0 Å². The van der Waals surface area contributed by atoms with Crippen molar-refractivity contribution in [1.29, 1.82) is 5.26 Å². The van der Waals surface area contributed by atoms with Crippen LogP contribution in [0.15, 0.2) is 72.5 Å². The van der Waals surface area contributed by atoms with Crippen LogP contribution in [0.5, 0.6) is 5.75 Å². The molecule has 6 nitrogen and oxygen atoms in total. The molecule has 0 aliphatic heterocycles. The number of aromatic hydroxyl groups is 1. The maximum absolute atomic E-state index is 9.84. The summed E-state index contributed by atoms with van der Waals surface area (Å²) in [6, 6.07) is 14.2. The average Bonchev–Trinajstić information content (AvgIpc) is 2.67. The molecule has 130 valence electrons. The number of hydrogen-bond acceptors (Lipinski definition) is 6. The van der Waals surface area contributed by atoms with Gasteiger partial charge in [-0.3, -0.25) is 16.1 Å². The van der Waals surface area contributed by atoms with Gasteiger partial charge in [0, 0.05) is 0 Å². The predicted molar refractivity (Wildman–Crippen MR) is 102 cm³/mol. The van der Waals surface area contributed by atoms with E-state index in [1.54, 1.807) is 24.3 Å². The summed E-state index contributed by atoms with van der Waals surface area (Å²) in [5.41, 5.74) is 8.02. The number of nitrogens with one attached hydrogen (secondary N) is 2. The third kappa shape index (κ3) is 4.84. The quantitative estimate of drug-likeness (QED) is 0.350. The Hall–Kier alpha value is -3.82. The monoisotopic (exact) mass is 346 g/mol.